The largest absolute Gasteiger partial charge is 0.481 e. The summed E-state index contributed by atoms with van der Waals surface area (Å²) in [6.45, 7) is 0. The molecule has 0 radical (unpaired) electrons. The molecule has 0 saturated heterocycles. The molecule has 0 bridgehead atoms. The van der Waals surface area contributed by atoms with E-state index in [0.717, 1.165) is 18.4 Å². The molecule has 1 saturated carbocycles. The van der Waals surface area contributed by atoms with Gasteiger partial charge < -0.3 is 5.11 Å². The zero-order valence-electron chi connectivity index (χ0n) is 9.76. The van der Waals surface area contributed by atoms with Crippen LogP contribution in [0.15, 0.2) is 12.4 Å². The maximum atomic E-state index is 11.9. The van der Waals surface area contributed by atoms with Gasteiger partial charge in [-0.3, -0.25) is 13.7 Å². The highest BCUT2D eigenvalue weighted by atomic mass is 32.2. The lowest BCUT2D eigenvalue weighted by Crippen LogP contribution is -2.17. The third-order valence-electron chi connectivity index (χ3n) is 3.04. The maximum absolute atomic E-state index is 11.9. The molecule has 1 atom stereocenters. The molecule has 1 unspecified atom stereocenters. The Hall–Kier alpha value is -1.17. The minimum absolute atomic E-state index is 0.145. The predicted octanol–water partition coefficient (Wildman–Crippen LogP) is 0.924. The van der Waals surface area contributed by atoms with E-state index >= 15 is 0 Å². The average Bonchev–Trinajstić information content (AvgIpc) is 2.80. The lowest BCUT2D eigenvalue weighted by Gasteiger charge is -2.11. The molecule has 1 N–H and O–H groups in total. The van der Waals surface area contributed by atoms with E-state index < -0.39 is 16.8 Å². The van der Waals surface area contributed by atoms with E-state index in [-0.39, 0.29) is 11.8 Å². The van der Waals surface area contributed by atoms with Crippen LogP contribution in [-0.4, -0.2) is 30.8 Å². The third kappa shape index (κ3) is 3.39. The van der Waals surface area contributed by atoms with Crippen LogP contribution in [0.3, 0.4) is 0 Å². The van der Waals surface area contributed by atoms with Crippen LogP contribution in [-0.2, 0) is 28.4 Å². The number of carboxylic acids is 1. The van der Waals surface area contributed by atoms with Gasteiger partial charge in [0.15, 0.2) is 0 Å². The van der Waals surface area contributed by atoms with Crippen molar-refractivity contribution in [3.63, 3.8) is 0 Å². The van der Waals surface area contributed by atoms with Crippen molar-refractivity contribution in [1.29, 1.82) is 0 Å². The molecule has 0 aliphatic heterocycles. The first-order valence-corrected chi connectivity index (χ1v) is 7.02. The molecule has 5 nitrogen and oxygen atoms in total. The van der Waals surface area contributed by atoms with Crippen LogP contribution >= 0.6 is 0 Å². The zero-order chi connectivity index (χ0) is 12.5. The number of hydrogen-bond acceptors (Lipinski definition) is 3. The molecule has 1 fully saturated rings. The average molecular weight is 256 g/mol. The number of aromatic nitrogens is 2. The van der Waals surface area contributed by atoms with Gasteiger partial charge in [0.2, 0.25) is 0 Å². The standard InChI is InChI=1S/C11H16N2O3S/c1-13-6-9(5-12-13)7-17(16)8-11(2-3-11)4-10(14)15/h5-6H,2-4,7-8H2,1H3,(H,14,15). The van der Waals surface area contributed by atoms with Crippen molar-refractivity contribution in [2.45, 2.75) is 25.0 Å². The fraction of sp³-hybridized carbons (Fsp3) is 0.636. The molecule has 1 aliphatic carbocycles. The number of aryl methyl sites for hydroxylation is 1. The summed E-state index contributed by atoms with van der Waals surface area (Å²) < 4.78 is 13.6. The van der Waals surface area contributed by atoms with Gasteiger partial charge in [0.1, 0.15) is 0 Å². The molecule has 94 valence electrons. The molecular formula is C11H16N2O3S. The fourth-order valence-electron chi connectivity index (χ4n) is 1.99. The van der Waals surface area contributed by atoms with E-state index in [1.54, 1.807) is 10.9 Å². The Morgan fingerprint density at radius 1 is 1.65 bits per heavy atom. The van der Waals surface area contributed by atoms with Gasteiger partial charge in [0.05, 0.1) is 18.4 Å². The highest BCUT2D eigenvalue weighted by molar-refractivity contribution is 7.84. The quantitative estimate of drug-likeness (QED) is 0.821. The van der Waals surface area contributed by atoms with Gasteiger partial charge in [-0.25, -0.2) is 0 Å². The Morgan fingerprint density at radius 2 is 2.35 bits per heavy atom. The second kappa shape index (κ2) is 4.60. The molecule has 17 heavy (non-hydrogen) atoms. The summed E-state index contributed by atoms with van der Waals surface area (Å²) >= 11 is 0. The van der Waals surface area contributed by atoms with Crippen LogP contribution in [0.4, 0.5) is 0 Å². The number of hydrogen-bond donors (Lipinski definition) is 1. The lowest BCUT2D eigenvalue weighted by molar-refractivity contribution is -0.138. The van der Waals surface area contributed by atoms with E-state index in [9.17, 15) is 9.00 Å². The van der Waals surface area contributed by atoms with Crippen LogP contribution < -0.4 is 0 Å². The van der Waals surface area contributed by atoms with Crippen LogP contribution in [0, 0.1) is 5.41 Å². The van der Waals surface area contributed by atoms with Gasteiger partial charge in [-0.05, 0) is 18.3 Å². The predicted molar refractivity (Wildman–Crippen MR) is 63.8 cm³/mol. The van der Waals surface area contributed by atoms with Gasteiger partial charge in [-0.2, -0.15) is 5.10 Å². The number of aliphatic carboxylic acids is 1. The van der Waals surface area contributed by atoms with Crippen LogP contribution in [0.2, 0.25) is 0 Å². The highest BCUT2D eigenvalue weighted by Crippen LogP contribution is 2.49. The zero-order valence-corrected chi connectivity index (χ0v) is 10.6. The summed E-state index contributed by atoms with van der Waals surface area (Å²) in [5.74, 6) is 0.171. The molecule has 0 aromatic carbocycles. The molecular weight excluding hydrogens is 240 g/mol. The van der Waals surface area contributed by atoms with Crippen LogP contribution in [0.25, 0.3) is 0 Å². The Balaban J connectivity index is 1.87. The van der Waals surface area contributed by atoms with Crippen molar-refractivity contribution in [2.24, 2.45) is 12.5 Å². The van der Waals surface area contributed by atoms with Crippen molar-refractivity contribution >= 4 is 16.8 Å². The van der Waals surface area contributed by atoms with Crippen LogP contribution in [0.1, 0.15) is 24.8 Å². The molecule has 0 spiro atoms. The molecule has 1 aromatic heterocycles. The molecule has 1 heterocycles. The molecule has 1 aromatic rings. The minimum Gasteiger partial charge on any atom is -0.481 e. The minimum atomic E-state index is -0.998. The molecule has 0 amide bonds. The summed E-state index contributed by atoms with van der Waals surface area (Å²) in [4.78, 5) is 10.7. The topological polar surface area (TPSA) is 72.2 Å². The monoisotopic (exact) mass is 256 g/mol. The molecule has 6 heteroatoms. The molecule has 2 rings (SSSR count). The fourth-order valence-corrected chi connectivity index (χ4v) is 3.69. The van der Waals surface area contributed by atoms with Gasteiger partial charge in [-0.1, -0.05) is 0 Å². The molecule has 1 aliphatic rings. The summed E-state index contributed by atoms with van der Waals surface area (Å²) in [7, 11) is 0.821. The summed E-state index contributed by atoms with van der Waals surface area (Å²) in [6.07, 6.45) is 5.46. The van der Waals surface area contributed by atoms with Crippen molar-refractivity contribution in [3.05, 3.63) is 18.0 Å². The normalized spacial score (nSPS) is 18.9. The third-order valence-corrected chi connectivity index (χ3v) is 4.63. The second-order valence-electron chi connectivity index (χ2n) is 4.82. The van der Waals surface area contributed by atoms with E-state index in [0.29, 0.717) is 11.5 Å². The van der Waals surface area contributed by atoms with E-state index in [4.69, 9.17) is 5.11 Å². The summed E-state index contributed by atoms with van der Waals surface area (Å²) in [5.41, 5.74) is 0.746. The number of nitrogens with zero attached hydrogens (tertiary/aromatic N) is 2. The van der Waals surface area contributed by atoms with Gasteiger partial charge in [0, 0.05) is 35.4 Å². The second-order valence-corrected chi connectivity index (χ2v) is 6.28. The van der Waals surface area contributed by atoms with E-state index in [1.807, 2.05) is 13.2 Å². The van der Waals surface area contributed by atoms with E-state index in [1.165, 1.54) is 0 Å². The van der Waals surface area contributed by atoms with Crippen LogP contribution in [0.5, 0.6) is 0 Å². The number of rotatable bonds is 6. The van der Waals surface area contributed by atoms with Gasteiger partial charge in [-0.15, -0.1) is 0 Å². The summed E-state index contributed by atoms with van der Waals surface area (Å²) in [6, 6.07) is 0. The van der Waals surface area contributed by atoms with E-state index in [2.05, 4.69) is 5.10 Å². The van der Waals surface area contributed by atoms with Crippen molar-refractivity contribution in [1.82, 2.24) is 9.78 Å². The smallest absolute Gasteiger partial charge is 0.303 e. The first-order valence-electron chi connectivity index (χ1n) is 5.53. The lowest BCUT2D eigenvalue weighted by atomic mass is 10.1. The number of carbonyl (C=O) groups is 1. The Kier molecular flexibility index (Phi) is 3.33. The highest BCUT2D eigenvalue weighted by Gasteiger charge is 2.45. The van der Waals surface area contributed by atoms with Crippen molar-refractivity contribution in [2.75, 3.05) is 5.75 Å². The van der Waals surface area contributed by atoms with Gasteiger partial charge in [0.25, 0.3) is 0 Å². The SMILES string of the molecule is Cn1cc(CS(=O)CC2(CC(=O)O)CC2)cn1. The van der Waals surface area contributed by atoms with Crippen molar-refractivity contribution < 1.29 is 14.1 Å². The first-order chi connectivity index (χ1) is 7.99. The summed E-state index contributed by atoms with van der Waals surface area (Å²) in [5, 5.41) is 12.8. The Morgan fingerprint density at radius 3 is 2.82 bits per heavy atom. The Labute approximate surface area is 102 Å². The Bertz CT molecular complexity index is 451. The number of carboxylic acid groups (broad SMARTS) is 1. The van der Waals surface area contributed by atoms with Crippen molar-refractivity contribution in [3.8, 4) is 0 Å². The first kappa shape index (κ1) is 12.3. The maximum Gasteiger partial charge on any atom is 0.303 e. The van der Waals surface area contributed by atoms with Gasteiger partial charge >= 0.3 is 5.97 Å².